The Labute approximate surface area is 75.1 Å². The average molecular weight is 182 g/mol. The van der Waals surface area contributed by atoms with Crippen LogP contribution < -0.4 is 5.32 Å². The Morgan fingerprint density at radius 1 is 1.83 bits per heavy atom. The molecule has 0 saturated heterocycles. The fraction of sp³-hybridized carbons (Fsp3) is 0.250. The van der Waals surface area contributed by atoms with Gasteiger partial charge >= 0.3 is 0 Å². The van der Waals surface area contributed by atoms with Gasteiger partial charge in [0.25, 0.3) is 0 Å². The van der Waals surface area contributed by atoms with Crippen LogP contribution in [0.1, 0.15) is 11.9 Å². The maximum Gasteiger partial charge on any atom is 0.243 e. The van der Waals surface area contributed by atoms with Gasteiger partial charge < -0.3 is 5.32 Å². The molecule has 0 spiro atoms. The summed E-state index contributed by atoms with van der Waals surface area (Å²) in [5.41, 5.74) is 0. The SMILES string of the molecule is C/C=C/C(=O)NCc1nccs1. The first kappa shape index (κ1) is 8.93. The number of aromatic nitrogens is 1. The lowest BCUT2D eigenvalue weighted by atomic mass is 10.5. The van der Waals surface area contributed by atoms with Crippen molar-refractivity contribution in [2.24, 2.45) is 0 Å². The van der Waals surface area contributed by atoms with E-state index >= 15 is 0 Å². The molecule has 1 heterocycles. The summed E-state index contributed by atoms with van der Waals surface area (Å²) in [5, 5.41) is 5.52. The van der Waals surface area contributed by atoms with Crippen molar-refractivity contribution >= 4 is 17.2 Å². The van der Waals surface area contributed by atoms with Crippen LogP contribution >= 0.6 is 11.3 Å². The number of hydrogen-bond acceptors (Lipinski definition) is 3. The lowest BCUT2D eigenvalue weighted by Crippen LogP contribution is -2.19. The molecule has 0 aliphatic rings. The zero-order valence-electron chi connectivity index (χ0n) is 6.78. The van der Waals surface area contributed by atoms with E-state index in [0.717, 1.165) is 5.01 Å². The van der Waals surface area contributed by atoms with Crippen LogP contribution in [0.4, 0.5) is 0 Å². The van der Waals surface area contributed by atoms with Crippen LogP contribution in [0.15, 0.2) is 23.7 Å². The van der Waals surface area contributed by atoms with Crippen molar-refractivity contribution in [3.63, 3.8) is 0 Å². The molecule has 0 aliphatic heterocycles. The van der Waals surface area contributed by atoms with Crippen LogP contribution in [0, 0.1) is 0 Å². The van der Waals surface area contributed by atoms with Crippen molar-refractivity contribution in [1.82, 2.24) is 10.3 Å². The van der Waals surface area contributed by atoms with Gasteiger partial charge in [0.1, 0.15) is 5.01 Å². The Balaban J connectivity index is 2.31. The number of rotatable bonds is 3. The number of nitrogens with zero attached hydrogens (tertiary/aromatic N) is 1. The Bertz CT molecular complexity index is 267. The summed E-state index contributed by atoms with van der Waals surface area (Å²) in [4.78, 5) is 14.9. The molecule has 64 valence electrons. The van der Waals surface area contributed by atoms with Crippen molar-refractivity contribution in [1.29, 1.82) is 0 Å². The van der Waals surface area contributed by atoms with E-state index in [1.165, 1.54) is 17.4 Å². The summed E-state index contributed by atoms with van der Waals surface area (Å²) >= 11 is 1.53. The van der Waals surface area contributed by atoms with Gasteiger partial charge in [0.05, 0.1) is 6.54 Å². The van der Waals surface area contributed by atoms with E-state index in [-0.39, 0.29) is 5.91 Å². The number of amides is 1. The maximum absolute atomic E-state index is 10.9. The topological polar surface area (TPSA) is 42.0 Å². The fourth-order valence-electron chi connectivity index (χ4n) is 0.713. The number of thiazole rings is 1. The van der Waals surface area contributed by atoms with Crippen molar-refractivity contribution in [3.8, 4) is 0 Å². The Kier molecular flexibility index (Phi) is 3.47. The quantitative estimate of drug-likeness (QED) is 0.717. The molecular formula is C8H10N2OS. The van der Waals surface area contributed by atoms with E-state index in [9.17, 15) is 4.79 Å². The van der Waals surface area contributed by atoms with E-state index in [4.69, 9.17) is 0 Å². The summed E-state index contributed by atoms with van der Waals surface area (Å²) in [6.45, 7) is 2.32. The fourth-order valence-corrected chi connectivity index (χ4v) is 1.27. The average Bonchev–Trinajstić information content (AvgIpc) is 2.53. The van der Waals surface area contributed by atoms with Crippen molar-refractivity contribution in [3.05, 3.63) is 28.7 Å². The highest BCUT2D eigenvalue weighted by Gasteiger charge is 1.96. The third-order valence-electron chi connectivity index (χ3n) is 1.22. The predicted octanol–water partition coefficient (Wildman–Crippen LogP) is 1.34. The van der Waals surface area contributed by atoms with Crippen LogP contribution in [-0.4, -0.2) is 10.9 Å². The minimum Gasteiger partial charge on any atom is -0.346 e. The molecule has 0 atom stereocenters. The molecule has 0 bridgehead atoms. The highest BCUT2D eigenvalue weighted by molar-refractivity contribution is 7.09. The molecule has 0 aromatic carbocycles. The highest BCUT2D eigenvalue weighted by Crippen LogP contribution is 2.02. The summed E-state index contributed by atoms with van der Waals surface area (Å²) in [7, 11) is 0. The third-order valence-corrected chi connectivity index (χ3v) is 1.99. The van der Waals surface area contributed by atoms with E-state index < -0.39 is 0 Å². The molecule has 0 aliphatic carbocycles. The lowest BCUT2D eigenvalue weighted by molar-refractivity contribution is -0.116. The highest BCUT2D eigenvalue weighted by atomic mass is 32.1. The lowest BCUT2D eigenvalue weighted by Gasteiger charge is -1.96. The smallest absolute Gasteiger partial charge is 0.243 e. The molecule has 0 saturated carbocycles. The number of nitrogens with one attached hydrogen (secondary N) is 1. The first-order chi connectivity index (χ1) is 5.83. The molecule has 0 radical (unpaired) electrons. The number of carbonyl (C=O) groups excluding carboxylic acids is 1. The second-order valence-electron chi connectivity index (χ2n) is 2.14. The molecule has 0 unspecified atom stereocenters. The van der Waals surface area contributed by atoms with E-state index in [0.29, 0.717) is 6.54 Å². The molecule has 1 aromatic rings. The zero-order valence-corrected chi connectivity index (χ0v) is 7.60. The Morgan fingerprint density at radius 3 is 3.25 bits per heavy atom. The summed E-state index contributed by atoms with van der Waals surface area (Å²) in [6.07, 6.45) is 4.92. The van der Waals surface area contributed by atoms with E-state index in [2.05, 4.69) is 10.3 Å². The first-order valence-corrected chi connectivity index (χ1v) is 4.50. The summed E-state index contributed by atoms with van der Waals surface area (Å²) < 4.78 is 0. The Hall–Kier alpha value is -1.16. The van der Waals surface area contributed by atoms with Gasteiger partial charge in [-0.2, -0.15) is 0 Å². The van der Waals surface area contributed by atoms with Gasteiger partial charge in [0, 0.05) is 11.6 Å². The van der Waals surface area contributed by atoms with Gasteiger partial charge in [-0.25, -0.2) is 4.98 Å². The van der Waals surface area contributed by atoms with E-state index in [1.807, 2.05) is 12.3 Å². The van der Waals surface area contributed by atoms with Gasteiger partial charge in [-0.05, 0) is 13.0 Å². The molecule has 1 N–H and O–H groups in total. The molecule has 1 amide bonds. The van der Waals surface area contributed by atoms with Crippen molar-refractivity contribution < 1.29 is 4.79 Å². The largest absolute Gasteiger partial charge is 0.346 e. The third kappa shape index (κ3) is 2.84. The van der Waals surface area contributed by atoms with Gasteiger partial charge in [-0.3, -0.25) is 4.79 Å². The minimum absolute atomic E-state index is 0.0762. The summed E-state index contributed by atoms with van der Waals surface area (Å²) in [5.74, 6) is -0.0762. The monoisotopic (exact) mass is 182 g/mol. The second-order valence-corrected chi connectivity index (χ2v) is 3.12. The van der Waals surface area contributed by atoms with Crippen LogP contribution in [0.5, 0.6) is 0 Å². The zero-order chi connectivity index (χ0) is 8.81. The molecule has 1 rings (SSSR count). The molecule has 1 aromatic heterocycles. The molecule has 0 fully saturated rings. The number of carbonyl (C=O) groups is 1. The molecular weight excluding hydrogens is 172 g/mol. The van der Waals surface area contributed by atoms with Crippen LogP contribution in [0.3, 0.4) is 0 Å². The molecule has 12 heavy (non-hydrogen) atoms. The number of allylic oxidation sites excluding steroid dienone is 1. The predicted molar refractivity (Wildman–Crippen MR) is 48.8 cm³/mol. The van der Waals surface area contributed by atoms with E-state index in [1.54, 1.807) is 12.3 Å². The van der Waals surface area contributed by atoms with Crippen LogP contribution in [-0.2, 0) is 11.3 Å². The number of hydrogen-bond donors (Lipinski definition) is 1. The molecule has 3 nitrogen and oxygen atoms in total. The normalized spacial score (nSPS) is 10.4. The van der Waals surface area contributed by atoms with Crippen LogP contribution in [0.2, 0.25) is 0 Å². The second kappa shape index (κ2) is 4.66. The Morgan fingerprint density at radius 2 is 2.67 bits per heavy atom. The summed E-state index contributed by atoms with van der Waals surface area (Å²) in [6, 6.07) is 0. The molecule has 4 heteroatoms. The van der Waals surface area contributed by atoms with Gasteiger partial charge in [0.2, 0.25) is 5.91 Å². The van der Waals surface area contributed by atoms with Gasteiger partial charge in [-0.15, -0.1) is 11.3 Å². The maximum atomic E-state index is 10.9. The standard InChI is InChI=1S/C8H10N2OS/c1-2-3-7(11)10-6-8-9-4-5-12-8/h2-5H,6H2,1H3,(H,10,11)/b3-2+. The van der Waals surface area contributed by atoms with Gasteiger partial charge in [0.15, 0.2) is 0 Å². The minimum atomic E-state index is -0.0762. The van der Waals surface area contributed by atoms with Crippen molar-refractivity contribution in [2.45, 2.75) is 13.5 Å². The first-order valence-electron chi connectivity index (χ1n) is 3.62. The van der Waals surface area contributed by atoms with Crippen molar-refractivity contribution in [2.75, 3.05) is 0 Å². The van der Waals surface area contributed by atoms with Gasteiger partial charge in [-0.1, -0.05) is 6.08 Å². The van der Waals surface area contributed by atoms with Crippen LogP contribution in [0.25, 0.3) is 0 Å².